The number of rotatable bonds is 7. The summed E-state index contributed by atoms with van der Waals surface area (Å²) in [5, 5.41) is 20.0. The van der Waals surface area contributed by atoms with Crippen LogP contribution in [0, 0.1) is 10.1 Å². The van der Waals surface area contributed by atoms with Crippen LogP contribution >= 0.6 is 0 Å². The molecule has 0 fully saturated rings. The molecule has 0 saturated heterocycles. The van der Waals surface area contributed by atoms with Gasteiger partial charge in [-0.25, -0.2) is 0 Å². The summed E-state index contributed by atoms with van der Waals surface area (Å²) < 4.78 is 1.39. The molecule has 0 bridgehead atoms. The van der Waals surface area contributed by atoms with Crippen molar-refractivity contribution in [3.05, 3.63) is 22.5 Å². The predicted octanol–water partition coefficient (Wildman–Crippen LogP) is -0.0945. The van der Waals surface area contributed by atoms with E-state index in [2.05, 4.69) is 15.7 Å². The summed E-state index contributed by atoms with van der Waals surface area (Å²) in [4.78, 5) is 21.4. The second-order valence-electron chi connectivity index (χ2n) is 3.96. The van der Waals surface area contributed by atoms with Crippen molar-refractivity contribution in [2.24, 2.45) is 0 Å². The molecule has 0 aliphatic carbocycles. The van der Waals surface area contributed by atoms with Gasteiger partial charge in [0.05, 0.1) is 4.92 Å². The lowest BCUT2D eigenvalue weighted by Crippen LogP contribution is -2.37. The maximum Gasteiger partial charge on any atom is 0.306 e. The fourth-order valence-corrected chi connectivity index (χ4v) is 1.24. The number of nitro groups is 1. The van der Waals surface area contributed by atoms with Gasteiger partial charge in [-0.2, -0.15) is 5.10 Å². The monoisotopic (exact) mass is 255 g/mol. The molecule has 0 saturated carbocycles. The third kappa shape index (κ3) is 4.50. The zero-order valence-corrected chi connectivity index (χ0v) is 10.4. The molecule has 8 nitrogen and oxygen atoms in total. The predicted molar refractivity (Wildman–Crippen MR) is 65.0 cm³/mol. The quantitative estimate of drug-likeness (QED) is 0.523. The summed E-state index contributed by atoms with van der Waals surface area (Å²) in [5.74, 6) is -0.102. The summed E-state index contributed by atoms with van der Waals surface area (Å²) >= 11 is 0. The molecule has 1 atom stereocenters. The second-order valence-corrected chi connectivity index (χ2v) is 3.96. The standard InChI is InChI=1S/C10H17N5O3/c1-8(11-2)5-12-10(16)3-4-14-7-9(6-13-14)15(17)18/h6-8,11H,3-5H2,1-2H3,(H,12,16). The molecule has 2 N–H and O–H groups in total. The van der Waals surface area contributed by atoms with Gasteiger partial charge in [0.2, 0.25) is 5.91 Å². The van der Waals surface area contributed by atoms with E-state index in [4.69, 9.17) is 0 Å². The Kier molecular flexibility index (Phi) is 5.25. The molecule has 1 rings (SSSR count). The molecule has 0 aliphatic rings. The Morgan fingerprint density at radius 3 is 2.94 bits per heavy atom. The van der Waals surface area contributed by atoms with Crippen molar-refractivity contribution < 1.29 is 9.72 Å². The normalized spacial score (nSPS) is 12.1. The molecule has 1 heterocycles. The first kappa shape index (κ1) is 14.1. The number of hydrogen-bond donors (Lipinski definition) is 2. The largest absolute Gasteiger partial charge is 0.354 e. The van der Waals surface area contributed by atoms with Crippen molar-refractivity contribution in [1.29, 1.82) is 0 Å². The van der Waals surface area contributed by atoms with E-state index in [0.29, 0.717) is 13.1 Å². The van der Waals surface area contributed by atoms with Gasteiger partial charge in [-0.1, -0.05) is 0 Å². The molecule has 8 heteroatoms. The molecule has 100 valence electrons. The van der Waals surface area contributed by atoms with Gasteiger partial charge in [0, 0.05) is 25.6 Å². The highest BCUT2D eigenvalue weighted by Gasteiger charge is 2.10. The van der Waals surface area contributed by atoms with Crippen LogP contribution in [0.3, 0.4) is 0 Å². The second kappa shape index (κ2) is 6.70. The van der Waals surface area contributed by atoms with Crippen molar-refractivity contribution in [2.75, 3.05) is 13.6 Å². The van der Waals surface area contributed by atoms with Crippen molar-refractivity contribution in [1.82, 2.24) is 20.4 Å². The lowest BCUT2D eigenvalue weighted by atomic mass is 10.3. The highest BCUT2D eigenvalue weighted by Crippen LogP contribution is 2.07. The van der Waals surface area contributed by atoms with Gasteiger partial charge in [0.25, 0.3) is 0 Å². The Balaban J connectivity index is 2.31. The van der Waals surface area contributed by atoms with E-state index in [1.54, 1.807) is 0 Å². The van der Waals surface area contributed by atoms with E-state index in [1.165, 1.54) is 17.1 Å². The average molecular weight is 255 g/mol. The van der Waals surface area contributed by atoms with Crippen molar-refractivity contribution >= 4 is 11.6 Å². The molecule has 0 radical (unpaired) electrons. The number of amides is 1. The first-order valence-electron chi connectivity index (χ1n) is 5.63. The minimum atomic E-state index is -0.516. The minimum absolute atomic E-state index is 0.0702. The lowest BCUT2D eigenvalue weighted by Gasteiger charge is -2.11. The third-order valence-electron chi connectivity index (χ3n) is 2.50. The highest BCUT2D eigenvalue weighted by atomic mass is 16.6. The number of carbonyl (C=O) groups excluding carboxylic acids is 1. The maximum atomic E-state index is 11.5. The van der Waals surface area contributed by atoms with E-state index in [-0.39, 0.29) is 24.1 Å². The van der Waals surface area contributed by atoms with E-state index < -0.39 is 4.92 Å². The Morgan fingerprint density at radius 2 is 2.39 bits per heavy atom. The molecule has 1 amide bonds. The number of nitrogens with zero attached hydrogens (tertiary/aromatic N) is 3. The highest BCUT2D eigenvalue weighted by molar-refractivity contribution is 5.75. The lowest BCUT2D eigenvalue weighted by molar-refractivity contribution is -0.385. The average Bonchev–Trinajstić information content (AvgIpc) is 2.82. The molecule has 0 aromatic carbocycles. The Labute approximate surface area is 105 Å². The Morgan fingerprint density at radius 1 is 1.67 bits per heavy atom. The van der Waals surface area contributed by atoms with Crippen LogP contribution in [-0.4, -0.2) is 40.2 Å². The number of aryl methyl sites for hydroxylation is 1. The summed E-state index contributed by atoms with van der Waals surface area (Å²) in [6.07, 6.45) is 2.72. The van der Waals surface area contributed by atoms with Crippen LogP contribution in [-0.2, 0) is 11.3 Å². The van der Waals surface area contributed by atoms with Crippen LogP contribution in [0.4, 0.5) is 5.69 Å². The Bertz CT molecular complexity index is 417. The topological polar surface area (TPSA) is 102 Å². The summed E-state index contributed by atoms with van der Waals surface area (Å²) in [7, 11) is 1.82. The van der Waals surface area contributed by atoms with Crippen LogP contribution in [0.5, 0.6) is 0 Å². The molecule has 1 unspecified atom stereocenters. The molecular weight excluding hydrogens is 238 g/mol. The molecule has 1 aromatic heterocycles. The van der Waals surface area contributed by atoms with Gasteiger partial charge >= 0.3 is 5.69 Å². The SMILES string of the molecule is CNC(C)CNC(=O)CCn1cc([N+](=O)[O-])cn1. The van der Waals surface area contributed by atoms with Crippen LogP contribution < -0.4 is 10.6 Å². The van der Waals surface area contributed by atoms with Crippen LogP contribution in [0.2, 0.25) is 0 Å². The van der Waals surface area contributed by atoms with Gasteiger partial charge in [-0.15, -0.1) is 0 Å². The molecule has 0 spiro atoms. The van der Waals surface area contributed by atoms with E-state index in [1.807, 2.05) is 14.0 Å². The summed E-state index contributed by atoms with van der Waals surface area (Å²) in [6, 6.07) is 0.208. The number of hydrogen-bond acceptors (Lipinski definition) is 5. The molecule has 0 aliphatic heterocycles. The Hall–Kier alpha value is -1.96. The zero-order chi connectivity index (χ0) is 13.5. The molecule has 18 heavy (non-hydrogen) atoms. The van der Waals surface area contributed by atoms with E-state index in [9.17, 15) is 14.9 Å². The number of aromatic nitrogens is 2. The van der Waals surface area contributed by atoms with Gasteiger partial charge in [-0.3, -0.25) is 19.6 Å². The number of carbonyl (C=O) groups is 1. The zero-order valence-electron chi connectivity index (χ0n) is 10.4. The first-order chi connectivity index (χ1) is 8.52. The van der Waals surface area contributed by atoms with Crippen LogP contribution in [0.15, 0.2) is 12.4 Å². The van der Waals surface area contributed by atoms with Gasteiger partial charge in [0.1, 0.15) is 12.4 Å². The van der Waals surface area contributed by atoms with Crippen molar-refractivity contribution in [3.63, 3.8) is 0 Å². The van der Waals surface area contributed by atoms with Gasteiger partial charge in [0.15, 0.2) is 0 Å². The van der Waals surface area contributed by atoms with Crippen molar-refractivity contribution in [3.8, 4) is 0 Å². The molecule has 1 aromatic rings. The minimum Gasteiger partial charge on any atom is -0.354 e. The maximum absolute atomic E-state index is 11.5. The number of likely N-dealkylation sites (N-methyl/N-ethyl adjacent to an activating group) is 1. The summed E-state index contributed by atoms with van der Waals surface area (Å²) in [6.45, 7) is 2.83. The third-order valence-corrected chi connectivity index (χ3v) is 2.50. The van der Waals surface area contributed by atoms with E-state index >= 15 is 0 Å². The number of nitrogens with one attached hydrogen (secondary N) is 2. The smallest absolute Gasteiger partial charge is 0.306 e. The fourth-order valence-electron chi connectivity index (χ4n) is 1.24. The van der Waals surface area contributed by atoms with Gasteiger partial charge < -0.3 is 10.6 Å². The van der Waals surface area contributed by atoms with E-state index in [0.717, 1.165) is 0 Å². The molecular formula is C10H17N5O3. The van der Waals surface area contributed by atoms with Crippen LogP contribution in [0.1, 0.15) is 13.3 Å². The van der Waals surface area contributed by atoms with Gasteiger partial charge in [-0.05, 0) is 14.0 Å². The first-order valence-corrected chi connectivity index (χ1v) is 5.63. The summed E-state index contributed by atoms with van der Waals surface area (Å²) in [5.41, 5.74) is -0.0702. The van der Waals surface area contributed by atoms with Crippen molar-refractivity contribution in [2.45, 2.75) is 25.9 Å². The van der Waals surface area contributed by atoms with Crippen LogP contribution in [0.25, 0.3) is 0 Å². The fraction of sp³-hybridized carbons (Fsp3) is 0.600.